The number of hydrogen-bond donors (Lipinski definition) is 2. The minimum atomic E-state index is -0.435. The van der Waals surface area contributed by atoms with Gasteiger partial charge in [0, 0.05) is 38.8 Å². The Balaban J connectivity index is 1.94. The van der Waals surface area contributed by atoms with Crippen LogP contribution in [0.5, 0.6) is 0 Å². The molecular weight excluding hydrogens is 239 g/mol. The lowest BCUT2D eigenvalue weighted by atomic mass is 9.81. The first-order chi connectivity index (χ1) is 9.20. The number of aliphatic hydroxyl groups excluding tert-OH is 1. The minimum absolute atomic E-state index is 0.174. The maximum Gasteiger partial charge on any atom is 0.376 e. The number of hydrogen-bond acceptors (Lipinski definition) is 4. The number of benzene rings is 1. The van der Waals surface area contributed by atoms with Crippen LogP contribution in [0.25, 0.3) is 0 Å². The molecule has 1 saturated heterocycles. The van der Waals surface area contributed by atoms with Gasteiger partial charge in [-0.2, -0.15) is 0 Å². The van der Waals surface area contributed by atoms with E-state index in [1.165, 1.54) is 5.56 Å². The molecule has 104 valence electrons. The lowest BCUT2D eigenvalue weighted by molar-refractivity contribution is 0.0980. The molecule has 0 saturated carbocycles. The molecule has 2 rings (SSSR count). The zero-order chi connectivity index (χ0) is 13.7. The van der Waals surface area contributed by atoms with Gasteiger partial charge < -0.3 is 14.9 Å². The van der Waals surface area contributed by atoms with Crippen LogP contribution in [-0.2, 0) is 6.54 Å². The summed E-state index contributed by atoms with van der Waals surface area (Å²) in [6.45, 7) is 5.64. The van der Waals surface area contributed by atoms with Crippen LogP contribution in [0.4, 0.5) is 0 Å². The Labute approximate surface area is 115 Å². The van der Waals surface area contributed by atoms with Gasteiger partial charge in [-0.3, -0.25) is 4.90 Å². The van der Waals surface area contributed by atoms with E-state index in [2.05, 4.69) is 34.0 Å². The van der Waals surface area contributed by atoms with Gasteiger partial charge in [0.15, 0.2) is 0 Å². The van der Waals surface area contributed by atoms with Crippen LogP contribution in [0.15, 0.2) is 30.3 Å². The second-order valence-electron chi connectivity index (χ2n) is 5.26. The fourth-order valence-corrected chi connectivity index (χ4v) is 2.82. The summed E-state index contributed by atoms with van der Waals surface area (Å²) in [5.74, 6) is 0. The molecule has 0 unspecified atom stereocenters. The van der Waals surface area contributed by atoms with Gasteiger partial charge in [-0.1, -0.05) is 30.3 Å². The van der Waals surface area contributed by atoms with Gasteiger partial charge in [0.25, 0.3) is 0 Å². The van der Waals surface area contributed by atoms with Crippen LogP contribution in [0.2, 0.25) is 6.82 Å². The third-order valence-electron chi connectivity index (χ3n) is 3.80. The minimum Gasteiger partial charge on any atom is -0.437 e. The van der Waals surface area contributed by atoms with E-state index in [1.54, 1.807) is 6.82 Å². The van der Waals surface area contributed by atoms with Gasteiger partial charge in [-0.25, -0.2) is 0 Å². The van der Waals surface area contributed by atoms with Gasteiger partial charge in [-0.05, 0) is 18.8 Å². The van der Waals surface area contributed by atoms with Crippen molar-refractivity contribution in [2.75, 3.05) is 26.2 Å². The fraction of sp³-hybridized carbons (Fsp3) is 0.571. The highest BCUT2D eigenvalue weighted by molar-refractivity contribution is 6.45. The highest BCUT2D eigenvalue weighted by Gasteiger charge is 2.30. The molecule has 4 nitrogen and oxygen atoms in total. The second kappa shape index (κ2) is 7.05. The van der Waals surface area contributed by atoms with Gasteiger partial charge in [0.2, 0.25) is 0 Å². The van der Waals surface area contributed by atoms with Crippen LogP contribution in [0.3, 0.4) is 0 Å². The first kappa shape index (κ1) is 14.5. The Hall–Kier alpha value is -0.875. The molecule has 0 aromatic heterocycles. The third kappa shape index (κ3) is 4.04. The van der Waals surface area contributed by atoms with E-state index in [9.17, 15) is 5.02 Å². The molecule has 1 aromatic carbocycles. The lowest BCUT2D eigenvalue weighted by Crippen LogP contribution is -2.57. The fourth-order valence-electron chi connectivity index (χ4n) is 2.82. The summed E-state index contributed by atoms with van der Waals surface area (Å²) in [6.07, 6.45) is 0.718. The van der Waals surface area contributed by atoms with E-state index in [1.807, 2.05) is 6.07 Å². The smallest absolute Gasteiger partial charge is 0.376 e. The van der Waals surface area contributed by atoms with Crippen molar-refractivity contribution in [1.82, 2.24) is 9.71 Å². The van der Waals surface area contributed by atoms with Crippen LogP contribution in [0, 0.1) is 0 Å². The van der Waals surface area contributed by atoms with Crippen LogP contribution in [0.1, 0.15) is 12.0 Å². The maximum absolute atomic E-state index is 9.78. The lowest BCUT2D eigenvalue weighted by Gasteiger charge is -2.42. The summed E-state index contributed by atoms with van der Waals surface area (Å²) >= 11 is 0. The molecular formula is C14H23BN2O2. The Morgan fingerprint density at radius 3 is 2.63 bits per heavy atom. The largest absolute Gasteiger partial charge is 0.437 e. The van der Waals surface area contributed by atoms with E-state index in [4.69, 9.17) is 5.11 Å². The highest BCUT2D eigenvalue weighted by atomic mass is 16.3. The van der Waals surface area contributed by atoms with Gasteiger partial charge >= 0.3 is 7.05 Å². The van der Waals surface area contributed by atoms with Crippen molar-refractivity contribution in [2.45, 2.75) is 25.8 Å². The Morgan fingerprint density at radius 2 is 2.00 bits per heavy atom. The van der Waals surface area contributed by atoms with E-state index in [-0.39, 0.29) is 12.6 Å². The van der Waals surface area contributed by atoms with Crippen molar-refractivity contribution in [3.8, 4) is 0 Å². The quantitative estimate of drug-likeness (QED) is 0.765. The predicted octanol–water partition coefficient (Wildman–Crippen LogP) is 0.665. The van der Waals surface area contributed by atoms with Crippen molar-refractivity contribution in [3.05, 3.63) is 35.9 Å². The molecule has 0 amide bonds. The summed E-state index contributed by atoms with van der Waals surface area (Å²) in [4.78, 5) is 4.48. The van der Waals surface area contributed by atoms with E-state index < -0.39 is 7.05 Å². The molecule has 5 heteroatoms. The summed E-state index contributed by atoms with van der Waals surface area (Å²) < 4.78 is 0. The number of rotatable bonds is 5. The molecule has 1 heterocycles. The zero-order valence-electron chi connectivity index (χ0n) is 11.6. The third-order valence-corrected chi connectivity index (χ3v) is 3.80. The van der Waals surface area contributed by atoms with Crippen LogP contribution in [-0.4, -0.2) is 59.2 Å². The average Bonchev–Trinajstić information content (AvgIpc) is 2.40. The van der Waals surface area contributed by atoms with Gasteiger partial charge in [-0.15, -0.1) is 0 Å². The molecule has 1 aromatic rings. The molecule has 1 fully saturated rings. The molecule has 0 spiro atoms. The van der Waals surface area contributed by atoms with Crippen molar-refractivity contribution >= 4 is 7.05 Å². The standard InChI is InChI=1S/C14H23BN2O2/c1-15(19)17-9-8-16(12-14(17)7-10-18)11-13-5-3-2-4-6-13/h2-6,14,18-19H,7-12H2,1H3/t14-/m0/s1. The predicted molar refractivity (Wildman–Crippen MR) is 77.8 cm³/mol. The number of aliphatic hydroxyl groups is 1. The molecule has 1 aliphatic heterocycles. The van der Waals surface area contributed by atoms with E-state index in [0.29, 0.717) is 0 Å². The second-order valence-corrected chi connectivity index (χ2v) is 5.26. The van der Waals surface area contributed by atoms with E-state index >= 15 is 0 Å². The summed E-state index contributed by atoms with van der Waals surface area (Å²) in [7, 11) is -0.435. The zero-order valence-corrected chi connectivity index (χ0v) is 11.6. The van der Waals surface area contributed by atoms with Gasteiger partial charge in [0.05, 0.1) is 0 Å². The van der Waals surface area contributed by atoms with Crippen LogP contribution < -0.4 is 0 Å². The topological polar surface area (TPSA) is 46.9 Å². The summed E-state index contributed by atoms with van der Waals surface area (Å²) in [5.41, 5.74) is 1.32. The number of piperazine rings is 1. The van der Waals surface area contributed by atoms with Crippen molar-refractivity contribution in [3.63, 3.8) is 0 Å². The number of nitrogens with zero attached hydrogens (tertiary/aromatic N) is 2. The molecule has 1 atom stereocenters. The molecule has 0 radical (unpaired) electrons. The average molecular weight is 262 g/mol. The van der Waals surface area contributed by atoms with Crippen molar-refractivity contribution < 1.29 is 10.1 Å². The van der Waals surface area contributed by atoms with Gasteiger partial charge in [0.1, 0.15) is 0 Å². The molecule has 0 aliphatic carbocycles. The van der Waals surface area contributed by atoms with E-state index in [0.717, 1.165) is 32.6 Å². The Kier molecular flexibility index (Phi) is 5.40. The highest BCUT2D eigenvalue weighted by Crippen LogP contribution is 2.16. The molecule has 1 aliphatic rings. The maximum atomic E-state index is 9.78. The Bertz CT molecular complexity index is 375. The monoisotopic (exact) mass is 262 g/mol. The summed E-state index contributed by atoms with van der Waals surface area (Å²) in [6, 6.07) is 10.7. The SMILES string of the molecule is CB(O)N1CCN(Cc2ccccc2)C[C@@H]1CCO. The molecule has 19 heavy (non-hydrogen) atoms. The first-order valence-corrected chi connectivity index (χ1v) is 7.01. The summed E-state index contributed by atoms with van der Waals surface area (Å²) in [5, 5.41) is 18.9. The van der Waals surface area contributed by atoms with Crippen molar-refractivity contribution in [1.29, 1.82) is 0 Å². The van der Waals surface area contributed by atoms with Crippen LogP contribution >= 0.6 is 0 Å². The molecule has 0 bridgehead atoms. The van der Waals surface area contributed by atoms with Crippen molar-refractivity contribution in [2.24, 2.45) is 0 Å². The molecule has 2 N–H and O–H groups in total. The first-order valence-electron chi connectivity index (χ1n) is 7.01. The Morgan fingerprint density at radius 1 is 1.26 bits per heavy atom. The normalized spacial score (nSPS) is 21.5.